The van der Waals surface area contributed by atoms with E-state index in [-0.39, 0.29) is 23.9 Å². The molecule has 2 aromatic rings. The molecule has 0 unspecified atom stereocenters. The normalized spacial score (nSPS) is 11.5. The van der Waals surface area contributed by atoms with Gasteiger partial charge in [-0.3, -0.25) is 4.79 Å². The van der Waals surface area contributed by atoms with Crippen molar-refractivity contribution in [2.45, 2.75) is 24.5 Å². The van der Waals surface area contributed by atoms with E-state index >= 15 is 0 Å². The number of carbonyl (C=O) groups excluding carboxylic acids is 1. The Morgan fingerprint density at radius 2 is 1.84 bits per heavy atom. The number of sulfonamides is 1. The van der Waals surface area contributed by atoms with E-state index in [4.69, 9.17) is 13.9 Å². The summed E-state index contributed by atoms with van der Waals surface area (Å²) in [6, 6.07) is 12.1. The van der Waals surface area contributed by atoms with E-state index < -0.39 is 16.0 Å². The summed E-state index contributed by atoms with van der Waals surface area (Å²) in [4.78, 5) is 11.7. The van der Waals surface area contributed by atoms with Crippen LogP contribution in [0.15, 0.2) is 52.0 Å². The maximum absolute atomic E-state index is 11.9. The highest BCUT2D eigenvalue weighted by atomic mass is 32.2. The van der Waals surface area contributed by atoms with E-state index in [0.717, 1.165) is 10.1 Å². The third kappa shape index (κ3) is 5.61. The number of furan rings is 1. The Morgan fingerprint density at radius 3 is 2.52 bits per heavy atom. The minimum atomic E-state index is -3.63. The molecule has 0 aliphatic heterocycles. The van der Waals surface area contributed by atoms with Gasteiger partial charge in [0.05, 0.1) is 6.61 Å². The molecule has 1 heterocycles. The summed E-state index contributed by atoms with van der Waals surface area (Å²) in [6.45, 7) is 0.298. The SMILES string of the molecule is CN(C)S(=O)(=O)c1ccc(COC(=O)CCCOc2ccccc2)o1. The van der Waals surface area contributed by atoms with Gasteiger partial charge in [-0.1, -0.05) is 18.2 Å². The van der Waals surface area contributed by atoms with E-state index in [1.807, 2.05) is 30.3 Å². The van der Waals surface area contributed by atoms with Crippen LogP contribution in [0, 0.1) is 0 Å². The van der Waals surface area contributed by atoms with Crippen LogP contribution >= 0.6 is 0 Å². The number of para-hydroxylation sites is 1. The molecular weight excluding hydrogens is 346 g/mol. The number of benzene rings is 1. The van der Waals surface area contributed by atoms with Crippen LogP contribution in [0.1, 0.15) is 18.6 Å². The third-order valence-corrected chi connectivity index (χ3v) is 4.97. The van der Waals surface area contributed by atoms with Gasteiger partial charge in [-0.25, -0.2) is 12.7 Å². The molecule has 0 fully saturated rings. The lowest BCUT2D eigenvalue weighted by Crippen LogP contribution is -2.21. The van der Waals surface area contributed by atoms with Crippen LogP contribution in [0.5, 0.6) is 5.75 Å². The minimum absolute atomic E-state index is 0.110. The van der Waals surface area contributed by atoms with Crippen LogP contribution < -0.4 is 4.74 Å². The number of hydrogen-bond donors (Lipinski definition) is 0. The summed E-state index contributed by atoms with van der Waals surface area (Å²) in [5, 5.41) is -0.181. The number of carbonyl (C=O) groups is 1. The van der Waals surface area contributed by atoms with Gasteiger partial charge >= 0.3 is 5.97 Å². The van der Waals surface area contributed by atoms with Crippen molar-refractivity contribution in [2.75, 3.05) is 20.7 Å². The largest absolute Gasteiger partial charge is 0.494 e. The Balaban J connectivity index is 1.71. The summed E-state index contributed by atoms with van der Waals surface area (Å²) in [5.74, 6) is 0.625. The Hall–Kier alpha value is -2.32. The second-order valence-electron chi connectivity index (χ2n) is 5.43. The second kappa shape index (κ2) is 8.68. The topological polar surface area (TPSA) is 86.0 Å². The van der Waals surface area contributed by atoms with Gasteiger partial charge in [0, 0.05) is 20.5 Å². The first kappa shape index (κ1) is 19.0. The van der Waals surface area contributed by atoms with Crippen LogP contribution in [0.25, 0.3) is 0 Å². The average Bonchev–Trinajstić information content (AvgIpc) is 3.07. The van der Waals surface area contributed by atoms with Gasteiger partial charge in [0.2, 0.25) is 5.09 Å². The summed E-state index contributed by atoms with van der Waals surface area (Å²) < 4.78 is 40.6. The summed E-state index contributed by atoms with van der Waals surface area (Å²) in [5.41, 5.74) is 0. The minimum Gasteiger partial charge on any atom is -0.494 e. The number of ether oxygens (including phenoxy) is 2. The van der Waals surface area contributed by atoms with E-state index in [1.54, 1.807) is 0 Å². The molecule has 0 amide bonds. The predicted molar refractivity (Wildman–Crippen MR) is 90.5 cm³/mol. The third-order valence-electron chi connectivity index (χ3n) is 3.28. The van der Waals surface area contributed by atoms with E-state index in [1.165, 1.54) is 26.2 Å². The maximum atomic E-state index is 11.9. The monoisotopic (exact) mass is 367 g/mol. The molecule has 8 heteroatoms. The van der Waals surface area contributed by atoms with Gasteiger partial charge in [0.1, 0.15) is 18.1 Å². The molecule has 0 aliphatic rings. The van der Waals surface area contributed by atoms with Crippen LogP contribution in [0.2, 0.25) is 0 Å². The molecule has 0 aliphatic carbocycles. The molecule has 136 valence electrons. The lowest BCUT2D eigenvalue weighted by molar-refractivity contribution is -0.145. The van der Waals surface area contributed by atoms with Crippen molar-refractivity contribution in [3.05, 3.63) is 48.2 Å². The van der Waals surface area contributed by atoms with Crippen molar-refractivity contribution >= 4 is 16.0 Å². The average molecular weight is 367 g/mol. The molecular formula is C17H21NO6S. The standard InChI is InChI=1S/C17H21NO6S/c1-18(2)25(20,21)17-11-10-15(24-17)13-23-16(19)9-6-12-22-14-7-4-3-5-8-14/h3-5,7-8,10-11H,6,9,12-13H2,1-2H3. The van der Waals surface area contributed by atoms with Crippen molar-refractivity contribution in [1.29, 1.82) is 0 Å². The van der Waals surface area contributed by atoms with Gasteiger partial charge < -0.3 is 13.9 Å². The van der Waals surface area contributed by atoms with Crippen LogP contribution in [0.4, 0.5) is 0 Å². The lowest BCUT2D eigenvalue weighted by Gasteiger charge is -2.08. The van der Waals surface area contributed by atoms with Gasteiger partial charge in [-0.15, -0.1) is 0 Å². The molecule has 7 nitrogen and oxygen atoms in total. The first-order valence-corrected chi connectivity index (χ1v) is 9.18. The molecule has 2 rings (SSSR count). The van der Waals surface area contributed by atoms with Crippen molar-refractivity contribution < 1.29 is 27.1 Å². The van der Waals surface area contributed by atoms with E-state index in [0.29, 0.717) is 13.0 Å². The first-order valence-electron chi connectivity index (χ1n) is 7.74. The van der Waals surface area contributed by atoms with Gasteiger partial charge in [0.15, 0.2) is 0 Å². The van der Waals surface area contributed by atoms with Gasteiger partial charge in [-0.05, 0) is 30.7 Å². The molecule has 0 saturated carbocycles. The molecule has 1 aromatic heterocycles. The zero-order valence-electron chi connectivity index (χ0n) is 14.2. The molecule has 0 N–H and O–H groups in total. The van der Waals surface area contributed by atoms with E-state index in [2.05, 4.69) is 0 Å². The smallest absolute Gasteiger partial charge is 0.306 e. The summed E-state index contributed by atoms with van der Waals surface area (Å²) >= 11 is 0. The molecule has 1 aromatic carbocycles. The number of nitrogens with zero attached hydrogens (tertiary/aromatic N) is 1. The van der Waals surface area contributed by atoms with Crippen LogP contribution in [-0.4, -0.2) is 39.4 Å². The highest BCUT2D eigenvalue weighted by molar-refractivity contribution is 7.88. The van der Waals surface area contributed by atoms with Gasteiger partial charge in [-0.2, -0.15) is 0 Å². The number of esters is 1. The predicted octanol–water partition coefficient (Wildman–Crippen LogP) is 2.43. The van der Waals surface area contributed by atoms with E-state index in [9.17, 15) is 13.2 Å². The number of hydrogen-bond acceptors (Lipinski definition) is 6. The lowest BCUT2D eigenvalue weighted by atomic mass is 10.3. The Labute approximate surface area is 147 Å². The summed E-state index contributed by atoms with van der Waals surface area (Å²) in [7, 11) is -0.805. The fourth-order valence-corrected chi connectivity index (χ4v) is 2.71. The van der Waals surface area contributed by atoms with Crippen molar-refractivity contribution in [3.8, 4) is 5.75 Å². The zero-order chi connectivity index (χ0) is 18.3. The highest BCUT2D eigenvalue weighted by Gasteiger charge is 2.21. The van der Waals surface area contributed by atoms with Crippen molar-refractivity contribution in [3.63, 3.8) is 0 Å². The first-order chi connectivity index (χ1) is 11.9. The fraction of sp³-hybridized carbons (Fsp3) is 0.353. The zero-order valence-corrected chi connectivity index (χ0v) is 15.0. The molecule has 0 atom stereocenters. The summed E-state index contributed by atoms with van der Waals surface area (Å²) in [6.07, 6.45) is 0.725. The Kier molecular flexibility index (Phi) is 6.60. The van der Waals surface area contributed by atoms with Crippen molar-refractivity contribution in [2.24, 2.45) is 0 Å². The number of rotatable bonds is 9. The molecule has 0 saturated heterocycles. The van der Waals surface area contributed by atoms with Gasteiger partial charge in [0.25, 0.3) is 10.0 Å². The molecule has 0 radical (unpaired) electrons. The Morgan fingerprint density at radius 1 is 1.12 bits per heavy atom. The Bertz CT molecular complexity index is 782. The second-order valence-corrected chi connectivity index (χ2v) is 7.52. The van der Waals surface area contributed by atoms with Crippen LogP contribution in [0.3, 0.4) is 0 Å². The molecule has 0 spiro atoms. The molecule has 0 bridgehead atoms. The van der Waals surface area contributed by atoms with Crippen LogP contribution in [-0.2, 0) is 26.2 Å². The highest BCUT2D eigenvalue weighted by Crippen LogP contribution is 2.17. The quantitative estimate of drug-likeness (QED) is 0.500. The maximum Gasteiger partial charge on any atom is 0.306 e. The van der Waals surface area contributed by atoms with Crippen molar-refractivity contribution in [1.82, 2.24) is 4.31 Å². The molecule has 25 heavy (non-hydrogen) atoms. The fourth-order valence-electron chi connectivity index (χ4n) is 1.90.